The van der Waals surface area contributed by atoms with Gasteiger partial charge in [-0.25, -0.2) is 0 Å². The second-order valence-corrected chi connectivity index (χ2v) is 2.54. The van der Waals surface area contributed by atoms with E-state index in [1.54, 1.807) is 13.8 Å². The Morgan fingerprint density at radius 3 is 1.89 bits per heavy atom. The van der Waals surface area contributed by atoms with Crippen LogP contribution in [0.15, 0.2) is 0 Å². The van der Waals surface area contributed by atoms with E-state index in [2.05, 4.69) is 0 Å². The molecule has 0 saturated carbocycles. The standard InChI is InChI=1S/C6H12O2.Sn.2H/c1-4-6(2,3)5(7)8;;;/h4H2,1-3H3,(H,7,8);;;. The van der Waals surface area contributed by atoms with Crippen LogP contribution in [0.2, 0.25) is 0 Å². The van der Waals surface area contributed by atoms with Crippen LogP contribution < -0.4 is 0 Å². The van der Waals surface area contributed by atoms with Gasteiger partial charge in [0.2, 0.25) is 0 Å². The van der Waals surface area contributed by atoms with Crippen LogP contribution in [0.25, 0.3) is 0 Å². The summed E-state index contributed by atoms with van der Waals surface area (Å²) in [5.74, 6) is -0.722. The normalized spacial score (nSPS) is 10.1. The van der Waals surface area contributed by atoms with Crippen molar-refractivity contribution in [3.8, 4) is 0 Å². The Bertz CT molecular complexity index is 99.2. The molecule has 2 radical (unpaired) electrons. The van der Waals surface area contributed by atoms with E-state index in [0.717, 1.165) is 0 Å². The average Bonchev–Trinajstić information content (AvgIpc) is 1.67. The summed E-state index contributed by atoms with van der Waals surface area (Å²) in [6.45, 7) is 5.30. The summed E-state index contributed by atoms with van der Waals surface area (Å²) in [6.07, 6.45) is 0.683. The molecule has 0 aliphatic heterocycles. The van der Waals surface area contributed by atoms with Gasteiger partial charge in [0.25, 0.3) is 0 Å². The number of hydrogen-bond donors (Lipinski definition) is 1. The third-order valence-corrected chi connectivity index (χ3v) is 1.46. The van der Waals surface area contributed by atoms with Gasteiger partial charge in [-0.1, -0.05) is 6.92 Å². The molecule has 0 aromatic rings. The van der Waals surface area contributed by atoms with Crippen LogP contribution >= 0.6 is 0 Å². The topological polar surface area (TPSA) is 37.3 Å². The number of carbonyl (C=O) groups is 1. The first-order chi connectivity index (χ1) is 3.50. The van der Waals surface area contributed by atoms with Crippen LogP contribution in [0, 0.1) is 5.41 Å². The van der Waals surface area contributed by atoms with E-state index in [9.17, 15) is 4.79 Å². The molecule has 0 fully saturated rings. The average molecular weight is 237 g/mol. The molecule has 9 heavy (non-hydrogen) atoms. The van der Waals surface area contributed by atoms with Gasteiger partial charge in [0, 0.05) is 0 Å². The fraction of sp³-hybridized carbons (Fsp3) is 0.833. The molecule has 2 nitrogen and oxygen atoms in total. The number of rotatable bonds is 2. The van der Waals surface area contributed by atoms with Crippen LogP contribution in [-0.2, 0) is 4.79 Å². The summed E-state index contributed by atoms with van der Waals surface area (Å²) < 4.78 is 0. The molecule has 54 valence electrons. The van der Waals surface area contributed by atoms with Crippen molar-refractivity contribution >= 4 is 29.9 Å². The van der Waals surface area contributed by atoms with Gasteiger partial charge in [-0.2, -0.15) is 0 Å². The van der Waals surface area contributed by atoms with Crippen LogP contribution in [-0.4, -0.2) is 35.0 Å². The Hall–Kier alpha value is 0.269. The SMILES string of the molecule is CCC(C)(C)C(=O)O.[SnH2]. The van der Waals surface area contributed by atoms with Gasteiger partial charge in [-0.15, -0.1) is 0 Å². The Morgan fingerprint density at radius 2 is 1.89 bits per heavy atom. The predicted molar refractivity (Wildman–Crippen MR) is 40.3 cm³/mol. The summed E-state index contributed by atoms with van der Waals surface area (Å²) in [6, 6.07) is 0. The predicted octanol–water partition coefficient (Wildman–Crippen LogP) is 0.591. The molecule has 0 amide bonds. The molecule has 0 atom stereocenters. The number of carboxylic acids is 1. The van der Waals surface area contributed by atoms with Crippen LogP contribution in [0.4, 0.5) is 0 Å². The van der Waals surface area contributed by atoms with Gasteiger partial charge in [0.1, 0.15) is 0 Å². The summed E-state index contributed by atoms with van der Waals surface area (Å²) in [5.41, 5.74) is -0.542. The third-order valence-electron chi connectivity index (χ3n) is 1.46. The van der Waals surface area contributed by atoms with Crippen molar-refractivity contribution in [3.63, 3.8) is 0 Å². The Kier molecular flexibility index (Phi) is 5.52. The van der Waals surface area contributed by atoms with Crippen LogP contribution in [0.5, 0.6) is 0 Å². The minimum atomic E-state index is -0.722. The summed E-state index contributed by atoms with van der Waals surface area (Å²) in [4.78, 5) is 10.3. The fourth-order valence-electron chi connectivity index (χ4n) is 0.151. The summed E-state index contributed by atoms with van der Waals surface area (Å²) >= 11 is 0. The molecular formula is C6H14O2Sn. The molecule has 3 heteroatoms. The Morgan fingerprint density at radius 1 is 1.56 bits per heavy atom. The van der Waals surface area contributed by atoms with Gasteiger partial charge in [0.15, 0.2) is 0 Å². The molecule has 0 aromatic heterocycles. The number of carboxylic acid groups (broad SMARTS) is 1. The summed E-state index contributed by atoms with van der Waals surface area (Å²) in [5, 5.41) is 8.44. The molecule has 1 N–H and O–H groups in total. The van der Waals surface area contributed by atoms with E-state index in [0.29, 0.717) is 6.42 Å². The van der Waals surface area contributed by atoms with Gasteiger partial charge in [-0.05, 0) is 20.3 Å². The van der Waals surface area contributed by atoms with Crippen LogP contribution in [0.3, 0.4) is 0 Å². The van der Waals surface area contributed by atoms with E-state index in [-0.39, 0.29) is 23.9 Å². The number of aliphatic carboxylic acids is 1. The van der Waals surface area contributed by atoms with Crippen molar-refractivity contribution in [1.82, 2.24) is 0 Å². The molecule has 0 bridgehead atoms. The molecule has 0 unspecified atom stereocenters. The van der Waals surface area contributed by atoms with E-state index >= 15 is 0 Å². The zero-order valence-electron chi connectivity index (χ0n) is 6.27. The van der Waals surface area contributed by atoms with Gasteiger partial charge >= 0.3 is 29.9 Å². The van der Waals surface area contributed by atoms with Crippen molar-refractivity contribution in [1.29, 1.82) is 0 Å². The minimum absolute atomic E-state index is 0. The van der Waals surface area contributed by atoms with Crippen LogP contribution in [0.1, 0.15) is 27.2 Å². The molecule has 0 aromatic carbocycles. The molecule has 0 saturated heterocycles. The molecule has 0 heterocycles. The fourth-order valence-corrected chi connectivity index (χ4v) is 0.151. The molecular weight excluding hydrogens is 223 g/mol. The number of hydrogen-bond acceptors (Lipinski definition) is 1. The maximum absolute atomic E-state index is 10.3. The van der Waals surface area contributed by atoms with Gasteiger partial charge in [-0.3, -0.25) is 4.79 Å². The maximum atomic E-state index is 10.3. The van der Waals surface area contributed by atoms with Crippen molar-refractivity contribution in [2.45, 2.75) is 27.2 Å². The quantitative estimate of drug-likeness (QED) is 0.713. The van der Waals surface area contributed by atoms with Crippen molar-refractivity contribution in [3.05, 3.63) is 0 Å². The molecule has 0 aliphatic rings. The Labute approximate surface area is 72.6 Å². The first-order valence-corrected chi connectivity index (χ1v) is 2.74. The monoisotopic (exact) mass is 238 g/mol. The van der Waals surface area contributed by atoms with Crippen molar-refractivity contribution in [2.75, 3.05) is 0 Å². The second-order valence-electron chi connectivity index (χ2n) is 2.54. The Balaban J connectivity index is 0. The third kappa shape index (κ3) is 3.78. The zero-order chi connectivity index (χ0) is 6.78. The van der Waals surface area contributed by atoms with E-state index in [1.165, 1.54) is 0 Å². The van der Waals surface area contributed by atoms with E-state index < -0.39 is 11.4 Å². The molecule has 0 spiro atoms. The second kappa shape index (κ2) is 4.14. The van der Waals surface area contributed by atoms with E-state index in [1.807, 2.05) is 6.92 Å². The van der Waals surface area contributed by atoms with E-state index in [4.69, 9.17) is 5.11 Å². The van der Waals surface area contributed by atoms with Crippen molar-refractivity contribution < 1.29 is 9.90 Å². The molecule has 0 aliphatic carbocycles. The van der Waals surface area contributed by atoms with Gasteiger partial charge < -0.3 is 5.11 Å². The molecule has 0 rings (SSSR count). The van der Waals surface area contributed by atoms with Crippen molar-refractivity contribution in [2.24, 2.45) is 5.41 Å². The first-order valence-electron chi connectivity index (χ1n) is 2.74. The summed E-state index contributed by atoms with van der Waals surface area (Å²) in [7, 11) is 0. The first kappa shape index (κ1) is 12.0. The zero-order valence-corrected chi connectivity index (χ0v) is 10.3. The van der Waals surface area contributed by atoms with Gasteiger partial charge in [0.05, 0.1) is 5.41 Å².